The van der Waals surface area contributed by atoms with Crippen LogP contribution in [0, 0.1) is 0 Å². The van der Waals surface area contributed by atoms with Gasteiger partial charge in [-0.25, -0.2) is 8.42 Å². The molecule has 0 saturated carbocycles. The van der Waals surface area contributed by atoms with Crippen molar-refractivity contribution in [2.75, 3.05) is 24.6 Å². The summed E-state index contributed by atoms with van der Waals surface area (Å²) in [6.45, 7) is 3.13. The van der Waals surface area contributed by atoms with Crippen LogP contribution >= 0.6 is 11.3 Å². The molecule has 0 aliphatic carbocycles. The van der Waals surface area contributed by atoms with Crippen LogP contribution < -0.4 is 9.11 Å². The highest BCUT2D eigenvalue weighted by Crippen LogP contribution is 2.23. The molecule has 1 amide bonds. The van der Waals surface area contributed by atoms with Crippen molar-refractivity contribution in [3.63, 3.8) is 0 Å². The number of hydrogen-bond acceptors (Lipinski definition) is 5. The summed E-state index contributed by atoms with van der Waals surface area (Å²) in [6.07, 6.45) is 0. The van der Waals surface area contributed by atoms with Crippen molar-refractivity contribution in [3.8, 4) is 0 Å². The van der Waals surface area contributed by atoms with Crippen LogP contribution in [0.25, 0.3) is 10.2 Å². The summed E-state index contributed by atoms with van der Waals surface area (Å²) in [4.78, 5) is 18.0. The molecule has 0 atom stereocenters. The highest BCUT2D eigenvalue weighted by Gasteiger charge is 2.23. The van der Waals surface area contributed by atoms with Crippen LogP contribution in [0.5, 0.6) is 0 Å². The summed E-state index contributed by atoms with van der Waals surface area (Å²) in [5.41, 5.74) is 1.89. The number of methoxy groups -OCH3 is 1. The number of amides is 1. The van der Waals surface area contributed by atoms with Gasteiger partial charge in [0.25, 0.3) is 15.9 Å². The molecule has 4 rings (SSSR count). The number of rotatable bonds is 8. The minimum Gasteiger partial charge on any atom is -0.383 e. The third-order valence-electron chi connectivity index (χ3n) is 5.33. The van der Waals surface area contributed by atoms with Crippen molar-refractivity contribution in [2.45, 2.75) is 18.4 Å². The lowest BCUT2D eigenvalue weighted by Crippen LogP contribution is -2.30. The minimum atomic E-state index is -3.76. The number of fused-ring (bicyclic) bond motifs is 1. The zero-order chi connectivity index (χ0) is 24.1. The lowest BCUT2D eigenvalue weighted by Gasteiger charge is -2.22. The largest absolute Gasteiger partial charge is 0.383 e. The molecule has 0 N–H and O–H groups in total. The van der Waals surface area contributed by atoms with E-state index in [1.54, 1.807) is 38.3 Å². The maximum atomic E-state index is 13.2. The Balaban J connectivity index is 1.65. The number of thiazole rings is 1. The molecule has 9 heteroatoms. The van der Waals surface area contributed by atoms with E-state index in [0.717, 1.165) is 10.2 Å². The van der Waals surface area contributed by atoms with Crippen LogP contribution in [0.1, 0.15) is 17.3 Å². The predicted octanol–water partition coefficient (Wildman–Crippen LogP) is 4.31. The first-order chi connectivity index (χ1) is 16.5. The Kier molecular flexibility index (Phi) is 7.26. The van der Waals surface area contributed by atoms with Gasteiger partial charge >= 0.3 is 0 Å². The first-order valence-corrected chi connectivity index (χ1v) is 13.1. The van der Waals surface area contributed by atoms with Gasteiger partial charge in [-0.2, -0.15) is 4.99 Å². The first kappa shape index (κ1) is 23.9. The molecule has 0 saturated heterocycles. The Morgan fingerprint density at radius 1 is 1.00 bits per heavy atom. The average molecular weight is 496 g/mol. The molecule has 176 valence electrons. The molecule has 1 aromatic heterocycles. The van der Waals surface area contributed by atoms with Gasteiger partial charge in [-0.1, -0.05) is 41.7 Å². The highest BCUT2D eigenvalue weighted by atomic mass is 32.2. The molecule has 0 radical (unpaired) electrons. The van der Waals surface area contributed by atoms with Gasteiger partial charge in [0.15, 0.2) is 4.80 Å². The number of sulfonamides is 1. The van der Waals surface area contributed by atoms with Crippen LogP contribution in [0.15, 0.2) is 88.8 Å². The Morgan fingerprint density at radius 2 is 1.68 bits per heavy atom. The molecule has 4 aromatic rings. The van der Waals surface area contributed by atoms with Crippen LogP contribution in [0.3, 0.4) is 0 Å². The monoisotopic (exact) mass is 495 g/mol. The fourth-order valence-electron chi connectivity index (χ4n) is 3.64. The van der Waals surface area contributed by atoms with Crippen molar-refractivity contribution in [3.05, 3.63) is 89.2 Å². The second-order valence-electron chi connectivity index (χ2n) is 7.44. The number of aromatic nitrogens is 1. The normalized spacial score (nSPS) is 12.2. The lowest BCUT2D eigenvalue weighted by molar-refractivity contribution is 0.0997. The molecule has 0 unspecified atom stereocenters. The maximum Gasteiger partial charge on any atom is 0.279 e. The number of ether oxygens (including phenoxy) is 1. The number of hydrogen-bond donors (Lipinski definition) is 0. The van der Waals surface area contributed by atoms with Crippen LogP contribution in [0.4, 0.5) is 5.69 Å². The second-order valence-corrected chi connectivity index (χ2v) is 10.3. The fraction of sp³-hybridized carbons (Fsp3) is 0.200. The third kappa shape index (κ3) is 4.82. The van der Waals surface area contributed by atoms with Gasteiger partial charge in [0.05, 0.1) is 27.4 Å². The molecule has 34 heavy (non-hydrogen) atoms. The standard InChI is InChI=1S/C25H25N3O4S2/c1-3-28(20-9-5-4-6-10-20)34(30,31)21-15-13-19(14-16-21)24(29)26-25-27(17-18-32-2)22-11-7-8-12-23(22)33-25/h4-16H,3,17-18H2,1-2H3. The van der Waals surface area contributed by atoms with Crippen molar-refractivity contribution in [2.24, 2.45) is 4.99 Å². The Morgan fingerprint density at radius 3 is 2.35 bits per heavy atom. The van der Waals surface area contributed by atoms with Gasteiger partial charge in [-0.3, -0.25) is 9.10 Å². The van der Waals surface area contributed by atoms with Crippen molar-refractivity contribution < 1.29 is 17.9 Å². The first-order valence-electron chi connectivity index (χ1n) is 10.8. The van der Waals surface area contributed by atoms with Gasteiger partial charge in [0.2, 0.25) is 0 Å². The summed E-state index contributed by atoms with van der Waals surface area (Å²) in [6, 6.07) is 22.7. The minimum absolute atomic E-state index is 0.117. The predicted molar refractivity (Wildman–Crippen MR) is 135 cm³/mol. The van der Waals surface area contributed by atoms with E-state index in [0.29, 0.717) is 29.2 Å². The summed E-state index contributed by atoms with van der Waals surface area (Å²) >= 11 is 1.43. The molecular formula is C25H25N3O4S2. The Labute approximate surface area is 202 Å². The van der Waals surface area contributed by atoms with Crippen molar-refractivity contribution >= 4 is 43.2 Å². The van der Waals surface area contributed by atoms with Crippen LogP contribution in [0.2, 0.25) is 0 Å². The molecule has 7 nitrogen and oxygen atoms in total. The van der Waals surface area contributed by atoms with Crippen LogP contribution in [-0.4, -0.2) is 39.2 Å². The number of benzene rings is 3. The zero-order valence-corrected chi connectivity index (χ0v) is 20.6. The number of para-hydroxylation sites is 2. The SMILES string of the molecule is CCN(c1ccccc1)S(=O)(=O)c1ccc(C(=O)N=c2sc3ccccc3n2CCOC)cc1. The van der Waals surface area contributed by atoms with E-state index < -0.39 is 15.9 Å². The van der Waals surface area contributed by atoms with E-state index in [4.69, 9.17) is 4.74 Å². The van der Waals surface area contributed by atoms with E-state index in [1.807, 2.05) is 34.9 Å². The van der Waals surface area contributed by atoms with Gasteiger partial charge in [0.1, 0.15) is 0 Å². The summed E-state index contributed by atoms with van der Waals surface area (Å²) < 4.78 is 35.9. The second kappa shape index (κ2) is 10.3. The quantitative estimate of drug-likeness (QED) is 0.365. The van der Waals surface area contributed by atoms with E-state index >= 15 is 0 Å². The van der Waals surface area contributed by atoms with Gasteiger partial charge in [0, 0.05) is 25.8 Å². The molecule has 0 aliphatic rings. The van der Waals surface area contributed by atoms with Gasteiger partial charge < -0.3 is 9.30 Å². The third-order valence-corrected chi connectivity index (χ3v) is 8.30. The fourth-order valence-corrected chi connectivity index (χ4v) is 6.17. The van der Waals surface area contributed by atoms with E-state index in [2.05, 4.69) is 4.99 Å². The number of anilines is 1. The number of carbonyl (C=O) groups is 1. The van der Waals surface area contributed by atoms with Crippen molar-refractivity contribution in [1.29, 1.82) is 0 Å². The molecule has 0 bridgehead atoms. The Bertz CT molecular complexity index is 1460. The molecule has 0 fully saturated rings. The summed E-state index contributed by atoms with van der Waals surface area (Å²) in [5, 5.41) is 0. The summed E-state index contributed by atoms with van der Waals surface area (Å²) in [7, 11) is -2.14. The maximum absolute atomic E-state index is 13.2. The topological polar surface area (TPSA) is 81.0 Å². The molecule has 0 spiro atoms. The Hall–Kier alpha value is -3.27. The summed E-state index contributed by atoms with van der Waals surface area (Å²) in [5.74, 6) is -0.433. The average Bonchev–Trinajstić information content (AvgIpc) is 3.20. The smallest absolute Gasteiger partial charge is 0.279 e. The zero-order valence-electron chi connectivity index (χ0n) is 18.9. The van der Waals surface area contributed by atoms with Crippen LogP contribution in [-0.2, 0) is 21.3 Å². The lowest BCUT2D eigenvalue weighted by atomic mass is 10.2. The molecule has 0 aliphatic heterocycles. The van der Waals surface area contributed by atoms with E-state index in [-0.39, 0.29) is 11.4 Å². The van der Waals surface area contributed by atoms with Gasteiger partial charge in [-0.15, -0.1) is 0 Å². The highest BCUT2D eigenvalue weighted by molar-refractivity contribution is 7.92. The molecular weight excluding hydrogens is 470 g/mol. The van der Waals surface area contributed by atoms with Crippen molar-refractivity contribution in [1.82, 2.24) is 4.57 Å². The van der Waals surface area contributed by atoms with Gasteiger partial charge in [-0.05, 0) is 55.5 Å². The molecule has 1 heterocycles. The molecule has 3 aromatic carbocycles. The number of nitrogens with zero attached hydrogens (tertiary/aromatic N) is 3. The van der Waals surface area contributed by atoms with E-state index in [1.165, 1.54) is 39.9 Å². The number of carbonyl (C=O) groups excluding carboxylic acids is 1. The van der Waals surface area contributed by atoms with E-state index in [9.17, 15) is 13.2 Å².